The normalized spacial score (nSPS) is 14.5. The van der Waals surface area contributed by atoms with Gasteiger partial charge in [-0.3, -0.25) is 15.0 Å². The van der Waals surface area contributed by atoms with Gasteiger partial charge < -0.3 is 9.47 Å². The van der Waals surface area contributed by atoms with Gasteiger partial charge in [0.25, 0.3) is 5.88 Å². The molecule has 7 heteroatoms. The number of hydrogen-bond donors (Lipinski definition) is 0. The lowest BCUT2D eigenvalue weighted by atomic mass is 10.3. The van der Waals surface area contributed by atoms with E-state index in [0.29, 0.717) is 12.4 Å². The van der Waals surface area contributed by atoms with Crippen molar-refractivity contribution in [2.75, 3.05) is 26.2 Å². The summed E-state index contributed by atoms with van der Waals surface area (Å²) in [6, 6.07) is 9.86. The maximum atomic E-state index is 11.0. The zero-order chi connectivity index (χ0) is 16.8. The fourth-order valence-corrected chi connectivity index (χ4v) is 2.61. The molecule has 0 aliphatic carbocycles. The van der Waals surface area contributed by atoms with E-state index in [9.17, 15) is 10.1 Å². The van der Waals surface area contributed by atoms with E-state index in [1.807, 2.05) is 0 Å². The van der Waals surface area contributed by atoms with Crippen molar-refractivity contribution in [2.24, 2.45) is 0 Å². The number of ether oxygens (including phenoxy) is 2. The molecule has 1 fully saturated rings. The van der Waals surface area contributed by atoms with E-state index in [0.717, 1.165) is 25.4 Å². The van der Waals surface area contributed by atoms with E-state index < -0.39 is 4.92 Å². The summed E-state index contributed by atoms with van der Waals surface area (Å²) in [6.45, 7) is 3.88. The number of pyridine rings is 1. The summed E-state index contributed by atoms with van der Waals surface area (Å²) in [5.41, 5.74) is -0.163. The number of rotatable bonds is 7. The van der Waals surface area contributed by atoms with Crippen LogP contribution in [0.5, 0.6) is 17.4 Å². The average molecular weight is 329 g/mol. The molecule has 0 radical (unpaired) electrons. The van der Waals surface area contributed by atoms with Gasteiger partial charge in [0.2, 0.25) is 0 Å². The Morgan fingerprint density at radius 1 is 1.12 bits per heavy atom. The van der Waals surface area contributed by atoms with Crippen LogP contribution in [0.2, 0.25) is 0 Å². The van der Waals surface area contributed by atoms with Crippen LogP contribution in [0.25, 0.3) is 0 Å². The molecule has 0 atom stereocenters. The molecular formula is C17H19N3O4. The average Bonchev–Trinajstić information content (AvgIpc) is 3.10. The third-order valence-electron chi connectivity index (χ3n) is 3.86. The first-order chi connectivity index (χ1) is 11.7. The van der Waals surface area contributed by atoms with E-state index in [1.165, 1.54) is 31.2 Å². The number of hydrogen-bond acceptors (Lipinski definition) is 6. The molecule has 1 aromatic heterocycles. The minimum absolute atomic E-state index is 0.0230. The quantitative estimate of drug-likeness (QED) is 0.573. The second-order valence-corrected chi connectivity index (χ2v) is 5.56. The van der Waals surface area contributed by atoms with Crippen LogP contribution in [-0.2, 0) is 0 Å². The summed E-state index contributed by atoms with van der Waals surface area (Å²) in [4.78, 5) is 16.7. The van der Waals surface area contributed by atoms with Gasteiger partial charge in [0, 0.05) is 18.8 Å². The Kier molecular flexibility index (Phi) is 5.22. The van der Waals surface area contributed by atoms with Crippen molar-refractivity contribution in [3.8, 4) is 17.4 Å². The fraction of sp³-hybridized carbons (Fsp3) is 0.353. The number of benzene rings is 1. The van der Waals surface area contributed by atoms with Crippen LogP contribution in [0, 0.1) is 10.1 Å². The Hall–Kier alpha value is -2.67. The molecule has 24 heavy (non-hydrogen) atoms. The Morgan fingerprint density at radius 3 is 2.54 bits per heavy atom. The van der Waals surface area contributed by atoms with Gasteiger partial charge in [-0.05, 0) is 56.3 Å². The topological polar surface area (TPSA) is 77.7 Å². The highest BCUT2D eigenvalue weighted by Gasteiger charge is 2.16. The van der Waals surface area contributed by atoms with E-state index >= 15 is 0 Å². The molecule has 3 rings (SSSR count). The Bertz CT molecular complexity index is 684. The van der Waals surface area contributed by atoms with E-state index in [4.69, 9.17) is 9.47 Å². The predicted molar refractivity (Wildman–Crippen MR) is 88.6 cm³/mol. The maximum Gasteiger partial charge on any atom is 0.331 e. The largest absolute Gasteiger partial charge is 0.492 e. The van der Waals surface area contributed by atoms with Crippen molar-refractivity contribution in [1.29, 1.82) is 0 Å². The van der Waals surface area contributed by atoms with Crippen molar-refractivity contribution < 1.29 is 14.4 Å². The molecule has 126 valence electrons. The summed E-state index contributed by atoms with van der Waals surface area (Å²) >= 11 is 0. The third kappa shape index (κ3) is 4.20. The molecule has 0 spiro atoms. The summed E-state index contributed by atoms with van der Waals surface area (Å²) in [6.07, 6.45) is 4.00. The lowest BCUT2D eigenvalue weighted by Crippen LogP contribution is -2.25. The molecule has 1 aromatic carbocycles. The first-order valence-electron chi connectivity index (χ1n) is 7.95. The number of aromatic nitrogens is 1. The van der Waals surface area contributed by atoms with Gasteiger partial charge >= 0.3 is 5.69 Å². The van der Waals surface area contributed by atoms with Crippen molar-refractivity contribution in [3.63, 3.8) is 0 Å². The zero-order valence-electron chi connectivity index (χ0n) is 13.3. The predicted octanol–water partition coefficient (Wildman–Crippen LogP) is 3.26. The molecule has 0 bridgehead atoms. The summed E-state index contributed by atoms with van der Waals surface area (Å²) < 4.78 is 11.2. The van der Waals surface area contributed by atoms with Gasteiger partial charge in [0.05, 0.1) is 4.92 Å². The highest BCUT2D eigenvalue weighted by molar-refractivity contribution is 5.43. The highest BCUT2D eigenvalue weighted by Crippen LogP contribution is 2.29. The minimum Gasteiger partial charge on any atom is -0.492 e. The molecule has 1 aliphatic heterocycles. The molecule has 1 saturated heterocycles. The van der Waals surface area contributed by atoms with Gasteiger partial charge in [-0.2, -0.15) is 0 Å². The van der Waals surface area contributed by atoms with E-state index in [1.54, 1.807) is 24.3 Å². The number of likely N-dealkylation sites (tertiary alicyclic amines) is 1. The number of nitro groups is 1. The van der Waals surface area contributed by atoms with Crippen LogP contribution in [0.4, 0.5) is 5.69 Å². The number of nitrogens with zero attached hydrogens (tertiary/aromatic N) is 3. The lowest BCUT2D eigenvalue weighted by molar-refractivity contribution is -0.386. The monoisotopic (exact) mass is 329 g/mol. The van der Waals surface area contributed by atoms with Crippen molar-refractivity contribution >= 4 is 5.69 Å². The van der Waals surface area contributed by atoms with Gasteiger partial charge in [-0.25, -0.2) is 4.98 Å². The van der Waals surface area contributed by atoms with Crippen molar-refractivity contribution in [1.82, 2.24) is 9.88 Å². The second-order valence-electron chi connectivity index (χ2n) is 5.56. The van der Waals surface area contributed by atoms with Crippen molar-refractivity contribution in [2.45, 2.75) is 12.8 Å². The van der Waals surface area contributed by atoms with E-state index in [-0.39, 0.29) is 11.6 Å². The van der Waals surface area contributed by atoms with Crippen LogP contribution < -0.4 is 9.47 Å². The standard InChI is InChI=1S/C17H19N3O4/c21-20(22)16-4-3-9-18-17(16)24-15-7-5-14(6-8-15)23-13-12-19-10-1-2-11-19/h3-9H,1-2,10-13H2. The van der Waals surface area contributed by atoms with Crippen molar-refractivity contribution in [3.05, 3.63) is 52.7 Å². The summed E-state index contributed by atoms with van der Waals surface area (Å²) in [5, 5.41) is 11.0. The molecule has 0 saturated carbocycles. The molecule has 0 N–H and O–H groups in total. The van der Waals surface area contributed by atoms with E-state index in [2.05, 4.69) is 9.88 Å². The van der Waals surface area contributed by atoms with Crippen LogP contribution in [-0.4, -0.2) is 41.0 Å². The Balaban J connectivity index is 1.55. The lowest BCUT2D eigenvalue weighted by Gasteiger charge is -2.15. The highest BCUT2D eigenvalue weighted by atomic mass is 16.6. The molecule has 0 unspecified atom stereocenters. The molecule has 2 aromatic rings. The molecule has 2 heterocycles. The first kappa shape index (κ1) is 16.2. The zero-order valence-corrected chi connectivity index (χ0v) is 13.3. The summed E-state index contributed by atoms with van der Waals surface area (Å²) in [5.74, 6) is 1.20. The van der Waals surface area contributed by atoms with Gasteiger partial charge in [-0.1, -0.05) is 0 Å². The molecule has 7 nitrogen and oxygen atoms in total. The first-order valence-corrected chi connectivity index (χ1v) is 7.95. The second kappa shape index (κ2) is 7.74. The van der Waals surface area contributed by atoms with Crippen LogP contribution >= 0.6 is 0 Å². The molecular weight excluding hydrogens is 310 g/mol. The Morgan fingerprint density at radius 2 is 1.83 bits per heavy atom. The fourth-order valence-electron chi connectivity index (χ4n) is 2.61. The van der Waals surface area contributed by atoms with Crippen LogP contribution in [0.15, 0.2) is 42.6 Å². The maximum absolute atomic E-state index is 11.0. The molecule has 0 amide bonds. The van der Waals surface area contributed by atoms with Crippen LogP contribution in [0.3, 0.4) is 0 Å². The summed E-state index contributed by atoms with van der Waals surface area (Å²) in [7, 11) is 0. The smallest absolute Gasteiger partial charge is 0.331 e. The van der Waals surface area contributed by atoms with Gasteiger partial charge in [-0.15, -0.1) is 0 Å². The Labute approximate surface area is 140 Å². The van der Waals surface area contributed by atoms with Crippen LogP contribution in [0.1, 0.15) is 12.8 Å². The molecule has 1 aliphatic rings. The minimum atomic E-state index is -0.516. The third-order valence-corrected chi connectivity index (χ3v) is 3.86. The van der Waals surface area contributed by atoms with Gasteiger partial charge in [0.15, 0.2) is 0 Å². The SMILES string of the molecule is O=[N+]([O-])c1cccnc1Oc1ccc(OCCN2CCCC2)cc1. The van der Waals surface area contributed by atoms with Gasteiger partial charge in [0.1, 0.15) is 18.1 Å².